The van der Waals surface area contributed by atoms with E-state index in [9.17, 15) is 13.6 Å². The first kappa shape index (κ1) is 15.8. The van der Waals surface area contributed by atoms with E-state index in [1.54, 1.807) is 0 Å². The highest BCUT2D eigenvalue weighted by Crippen LogP contribution is 2.15. The van der Waals surface area contributed by atoms with Gasteiger partial charge in [-0.1, -0.05) is 0 Å². The lowest BCUT2D eigenvalue weighted by molar-refractivity contribution is -0.125. The maximum absolute atomic E-state index is 13.2. The fourth-order valence-electron chi connectivity index (χ4n) is 1.11. The fourth-order valence-corrected chi connectivity index (χ4v) is 1.11. The monoisotopic (exact) mass is 266 g/mol. The Bertz CT molecular complexity index is 387. The largest absolute Gasteiger partial charge is 0.370 e. The van der Waals surface area contributed by atoms with Crippen molar-refractivity contribution in [3.05, 3.63) is 29.8 Å². The van der Waals surface area contributed by atoms with Crippen LogP contribution in [-0.2, 0) is 9.53 Å². The Morgan fingerprint density at radius 3 is 2.65 bits per heavy atom. The van der Waals surface area contributed by atoms with E-state index in [0.29, 0.717) is 6.07 Å². The van der Waals surface area contributed by atoms with Crippen LogP contribution in [0.4, 0.5) is 14.5 Å². The summed E-state index contributed by atoms with van der Waals surface area (Å²) in [6.45, 7) is -0.0227. The standard InChI is InChI=1S/C10H12F2N2O2.ClH/c1-16-9(5-13)10(15)14-8-3-2-6(11)4-7(8)12;/h2-4,9H,5,13H2,1H3,(H,14,15);1H. The van der Waals surface area contributed by atoms with Crippen molar-refractivity contribution < 1.29 is 18.3 Å². The van der Waals surface area contributed by atoms with E-state index in [1.165, 1.54) is 7.11 Å². The van der Waals surface area contributed by atoms with Gasteiger partial charge in [-0.3, -0.25) is 4.79 Å². The minimum atomic E-state index is -0.857. The van der Waals surface area contributed by atoms with Gasteiger partial charge in [0.2, 0.25) is 0 Å². The van der Waals surface area contributed by atoms with Crippen molar-refractivity contribution in [2.75, 3.05) is 19.0 Å². The number of hydrogen-bond acceptors (Lipinski definition) is 3. The zero-order valence-electron chi connectivity index (χ0n) is 9.07. The second-order valence-corrected chi connectivity index (χ2v) is 3.07. The Balaban J connectivity index is 0.00000256. The maximum atomic E-state index is 13.2. The molecule has 1 aromatic carbocycles. The molecule has 1 rings (SSSR count). The SMILES string of the molecule is COC(CN)C(=O)Nc1ccc(F)cc1F.Cl. The van der Waals surface area contributed by atoms with Crippen LogP contribution in [0.2, 0.25) is 0 Å². The van der Waals surface area contributed by atoms with Crippen molar-refractivity contribution in [3.8, 4) is 0 Å². The summed E-state index contributed by atoms with van der Waals surface area (Å²) in [6.07, 6.45) is -0.857. The smallest absolute Gasteiger partial charge is 0.254 e. The van der Waals surface area contributed by atoms with E-state index in [1.807, 2.05) is 0 Å². The second kappa shape index (κ2) is 7.16. The first-order valence-electron chi connectivity index (χ1n) is 4.57. The van der Waals surface area contributed by atoms with Gasteiger partial charge in [0.15, 0.2) is 0 Å². The molecule has 0 aliphatic carbocycles. The van der Waals surface area contributed by atoms with Crippen molar-refractivity contribution >= 4 is 24.0 Å². The minimum Gasteiger partial charge on any atom is -0.370 e. The van der Waals surface area contributed by atoms with Gasteiger partial charge in [-0.05, 0) is 12.1 Å². The molecule has 96 valence electrons. The molecule has 4 nitrogen and oxygen atoms in total. The molecule has 0 aliphatic heterocycles. The van der Waals surface area contributed by atoms with Crippen molar-refractivity contribution in [2.45, 2.75) is 6.10 Å². The van der Waals surface area contributed by atoms with E-state index in [0.717, 1.165) is 12.1 Å². The van der Waals surface area contributed by atoms with Gasteiger partial charge in [-0.15, -0.1) is 12.4 Å². The second-order valence-electron chi connectivity index (χ2n) is 3.07. The van der Waals surface area contributed by atoms with Gasteiger partial charge in [-0.25, -0.2) is 8.78 Å². The highest BCUT2D eigenvalue weighted by atomic mass is 35.5. The number of anilines is 1. The molecule has 0 aromatic heterocycles. The molecule has 0 spiro atoms. The van der Waals surface area contributed by atoms with Crippen LogP contribution in [0.3, 0.4) is 0 Å². The number of carbonyl (C=O) groups excluding carboxylic acids is 1. The number of nitrogens with one attached hydrogen (secondary N) is 1. The summed E-state index contributed by atoms with van der Waals surface area (Å²) in [5, 5.41) is 2.25. The van der Waals surface area contributed by atoms with Crippen LogP contribution in [0.15, 0.2) is 18.2 Å². The van der Waals surface area contributed by atoms with Crippen LogP contribution in [0, 0.1) is 11.6 Å². The highest BCUT2D eigenvalue weighted by molar-refractivity contribution is 5.94. The predicted molar refractivity (Wildman–Crippen MR) is 62.1 cm³/mol. The number of ether oxygens (including phenoxy) is 1. The third-order valence-corrected chi connectivity index (χ3v) is 1.98. The van der Waals surface area contributed by atoms with E-state index < -0.39 is 23.6 Å². The van der Waals surface area contributed by atoms with Gasteiger partial charge in [0.05, 0.1) is 5.69 Å². The van der Waals surface area contributed by atoms with Gasteiger partial charge < -0.3 is 15.8 Å². The van der Waals surface area contributed by atoms with Gasteiger partial charge in [0, 0.05) is 19.7 Å². The number of amides is 1. The van der Waals surface area contributed by atoms with Crippen LogP contribution >= 0.6 is 12.4 Å². The summed E-state index contributed by atoms with van der Waals surface area (Å²) in [5.74, 6) is -2.13. The lowest BCUT2D eigenvalue weighted by Crippen LogP contribution is -2.36. The zero-order valence-corrected chi connectivity index (χ0v) is 9.89. The summed E-state index contributed by atoms with van der Waals surface area (Å²) in [5.41, 5.74) is 5.15. The predicted octanol–water partition coefficient (Wildman–Crippen LogP) is 1.30. The maximum Gasteiger partial charge on any atom is 0.254 e. The average molecular weight is 267 g/mol. The summed E-state index contributed by atoms with van der Waals surface area (Å²) in [7, 11) is 1.32. The quantitative estimate of drug-likeness (QED) is 0.863. The molecule has 1 aromatic rings. The molecule has 1 atom stereocenters. The molecular formula is C10H13ClF2N2O2. The average Bonchev–Trinajstić information content (AvgIpc) is 2.24. The number of methoxy groups -OCH3 is 1. The Hall–Kier alpha value is -1.24. The first-order valence-corrected chi connectivity index (χ1v) is 4.57. The summed E-state index contributed by atoms with van der Waals surface area (Å²) in [4.78, 5) is 11.4. The highest BCUT2D eigenvalue weighted by Gasteiger charge is 2.17. The molecular weight excluding hydrogens is 254 g/mol. The Labute approximate surface area is 104 Å². The molecule has 17 heavy (non-hydrogen) atoms. The van der Waals surface area contributed by atoms with Gasteiger partial charge in [0.25, 0.3) is 5.91 Å². The molecule has 3 N–H and O–H groups in total. The van der Waals surface area contributed by atoms with E-state index in [4.69, 9.17) is 10.5 Å². The first-order chi connectivity index (χ1) is 7.58. The molecule has 0 bridgehead atoms. The number of carbonyl (C=O) groups is 1. The number of nitrogens with two attached hydrogens (primary N) is 1. The van der Waals surface area contributed by atoms with Crippen molar-refractivity contribution in [1.29, 1.82) is 0 Å². The Morgan fingerprint density at radius 1 is 1.53 bits per heavy atom. The van der Waals surface area contributed by atoms with Crippen molar-refractivity contribution in [3.63, 3.8) is 0 Å². The van der Waals surface area contributed by atoms with E-state index in [-0.39, 0.29) is 24.6 Å². The Morgan fingerprint density at radius 2 is 2.18 bits per heavy atom. The van der Waals surface area contributed by atoms with Gasteiger partial charge in [0.1, 0.15) is 17.7 Å². The van der Waals surface area contributed by atoms with Crippen molar-refractivity contribution in [1.82, 2.24) is 0 Å². The topological polar surface area (TPSA) is 64.3 Å². The van der Waals surface area contributed by atoms with Crippen LogP contribution < -0.4 is 11.1 Å². The van der Waals surface area contributed by atoms with Crippen LogP contribution in [0.5, 0.6) is 0 Å². The molecule has 0 aliphatic rings. The molecule has 0 saturated carbocycles. The summed E-state index contributed by atoms with van der Waals surface area (Å²) >= 11 is 0. The minimum absolute atomic E-state index is 0. The van der Waals surface area contributed by atoms with Crippen LogP contribution in [-0.4, -0.2) is 25.7 Å². The van der Waals surface area contributed by atoms with Crippen molar-refractivity contribution in [2.24, 2.45) is 5.73 Å². The van der Waals surface area contributed by atoms with E-state index >= 15 is 0 Å². The lowest BCUT2D eigenvalue weighted by atomic mass is 10.2. The third-order valence-electron chi connectivity index (χ3n) is 1.98. The van der Waals surface area contributed by atoms with Gasteiger partial charge in [-0.2, -0.15) is 0 Å². The number of hydrogen-bond donors (Lipinski definition) is 2. The normalized spacial score (nSPS) is 11.5. The Kier molecular flexibility index (Phi) is 6.64. The zero-order chi connectivity index (χ0) is 12.1. The molecule has 1 unspecified atom stereocenters. The van der Waals surface area contributed by atoms with Gasteiger partial charge >= 0.3 is 0 Å². The fraction of sp³-hybridized carbons (Fsp3) is 0.300. The third kappa shape index (κ3) is 4.26. The summed E-state index contributed by atoms with van der Waals surface area (Å²) < 4.78 is 30.5. The number of rotatable bonds is 4. The molecule has 7 heteroatoms. The van der Waals surface area contributed by atoms with E-state index in [2.05, 4.69) is 5.32 Å². The molecule has 0 heterocycles. The lowest BCUT2D eigenvalue weighted by Gasteiger charge is -2.13. The summed E-state index contributed by atoms with van der Waals surface area (Å²) in [6, 6.07) is 2.86. The van der Waals surface area contributed by atoms with Crippen LogP contribution in [0.25, 0.3) is 0 Å². The molecule has 0 saturated heterocycles. The number of halogens is 3. The molecule has 1 amide bonds. The molecule has 0 radical (unpaired) electrons. The van der Waals surface area contributed by atoms with Crippen LogP contribution in [0.1, 0.15) is 0 Å². The molecule has 0 fully saturated rings. The number of benzene rings is 1.